The van der Waals surface area contributed by atoms with Crippen LogP contribution in [0.1, 0.15) is 16.7 Å². The molecule has 0 fully saturated rings. The second-order valence-electron chi connectivity index (χ2n) is 5.11. The highest BCUT2D eigenvalue weighted by Gasteiger charge is 2.12. The van der Waals surface area contributed by atoms with E-state index < -0.39 is 0 Å². The summed E-state index contributed by atoms with van der Waals surface area (Å²) < 4.78 is 0.861. The summed E-state index contributed by atoms with van der Waals surface area (Å²) in [5.41, 5.74) is 3.62. The van der Waals surface area contributed by atoms with Crippen molar-refractivity contribution in [2.24, 2.45) is 0 Å². The van der Waals surface area contributed by atoms with Gasteiger partial charge in [0.25, 0.3) is 5.91 Å². The minimum absolute atomic E-state index is 0.284. The van der Waals surface area contributed by atoms with Crippen LogP contribution in [0, 0.1) is 18.3 Å². The summed E-state index contributed by atoms with van der Waals surface area (Å²) in [5, 5.41) is 12.2. The zero-order valence-electron chi connectivity index (χ0n) is 12.5. The zero-order valence-corrected chi connectivity index (χ0v) is 13.3. The van der Waals surface area contributed by atoms with E-state index in [0.29, 0.717) is 16.3 Å². The molecule has 2 aromatic carbocycles. The number of amides is 1. The van der Waals surface area contributed by atoms with Crippen molar-refractivity contribution in [3.8, 4) is 6.07 Å². The third kappa shape index (κ3) is 3.12. The molecule has 5 heteroatoms. The topological polar surface area (TPSA) is 65.8 Å². The van der Waals surface area contributed by atoms with Gasteiger partial charge in [-0.1, -0.05) is 47.7 Å². The molecular formula is C18H13N3OS. The molecular weight excluding hydrogens is 306 g/mol. The number of benzene rings is 2. The van der Waals surface area contributed by atoms with Crippen LogP contribution >= 0.6 is 11.3 Å². The van der Waals surface area contributed by atoms with E-state index in [2.05, 4.69) is 22.9 Å². The van der Waals surface area contributed by atoms with Crippen molar-refractivity contribution in [2.45, 2.75) is 6.92 Å². The second-order valence-corrected chi connectivity index (χ2v) is 6.14. The fourth-order valence-corrected chi connectivity index (χ4v) is 3.01. The minimum Gasteiger partial charge on any atom is -0.298 e. The lowest BCUT2D eigenvalue weighted by molar-refractivity contribution is -0.111. The summed E-state index contributed by atoms with van der Waals surface area (Å²) in [6.45, 7) is 5.84. The van der Waals surface area contributed by atoms with Gasteiger partial charge in [0.15, 0.2) is 5.13 Å². The van der Waals surface area contributed by atoms with E-state index >= 15 is 0 Å². The molecule has 0 aliphatic heterocycles. The molecule has 0 saturated carbocycles. The highest BCUT2D eigenvalue weighted by molar-refractivity contribution is 7.22. The number of fused-ring (bicyclic) bond motifs is 1. The first-order valence-electron chi connectivity index (χ1n) is 6.95. The zero-order chi connectivity index (χ0) is 16.4. The molecule has 3 aromatic rings. The Morgan fingerprint density at radius 3 is 2.70 bits per heavy atom. The smallest absolute Gasteiger partial charge is 0.257 e. The van der Waals surface area contributed by atoms with Crippen LogP contribution < -0.4 is 5.32 Å². The Morgan fingerprint density at radius 2 is 2.00 bits per heavy atom. The lowest BCUT2D eigenvalue weighted by Crippen LogP contribution is -2.12. The minimum atomic E-state index is -0.284. The molecule has 0 spiro atoms. The number of aromatic nitrogens is 1. The van der Waals surface area contributed by atoms with Gasteiger partial charge in [0.05, 0.1) is 21.8 Å². The molecule has 1 amide bonds. The van der Waals surface area contributed by atoms with Crippen LogP contribution in [0.5, 0.6) is 0 Å². The van der Waals surface area contributed by atoms with Crippen LogP contribution in [-0.2, 0) is 4.79 Å². The van der Waals surface area contributed by atoms with Crippen molar-refractivity contribution in [1.29, 1.82) is 5.26 Å². The lowest BCUT2D eigenvalue weighted by Gasteiger charge is -2.05. The monoisotopic (exact) mass is 319 g/mol. The maximum Gasteiger partial charge on any atom is 0.257 e. The summed E-state index contributed by atoms with van der Waals surface area (Å²) in [5.74, 6) is -0.284. The van der Waals surface area contributed by atoms with Crippen molar-refractivity contribution in [2.75, 3.05) is 5.32 Å². The number of rotatable bonds is 3. The van der Waals surface area contributed by atoms with E-state index in [1.807, 2.05) is 31.2 Å². The number of hydrogen-bond donors (Lipinski definition) is 1. The normalized spacial score (nSPS) is 10.3. The van der Waals surface area contributed by atoms with E-state index in [1.165, 1.54) is 11.3 Å². The van der Waals surface area contributed by atoms with Gasteiger partial charge in [0.1, 0.15) is 0 Å². The Bertz CT molecular complexity index is 949. The standard InChI is InChI=1S/C18H13N3OS/c1-11-3-6-14(7-4-11)12(2)17(22)21-18-20-15-8-5-13(10-19)9-16(15)23-18/h3-9H,2H2,1H3,(H,20,21,22). The van der Waals surface area contributed by atoms with E-state index in [-0.39, 0.29) is 5.91 Å². The van der Waals surface area contributed by atoms with Gasteiger partial charge in [-0.3, -0.25) is 10.1 Å². The maximum absolute atomic E-state index is 12.3. The number of thiazole rings is 1. The molecule has 0 radical (unpaired) electrons. The number of carbonyl (C=O) groups is 1. The van der Waals surface area contributed by atoms with Crippen LogP contribution in [0.2, 0.25) is 0 Å². The molecule has 0 unspecified atom stereocenters. The van der Waals surface area contributed by atoms with E-state index in [0.717, 1.165) is 21.3 Å². The van der Waals surface area contributed by atoms with Gasteiger partial charge in [-0.2, -0.15) is 5.26 Å². The van der Waals surface area contributed by atoms with E-state index in [4.69, 9.17) is 5.26 Å². The average Bonchev–Trinajstić information content (AvgIpc) is 2.95. The molecule has 1 aromatic heterocycles. The Kier molecular flexibility index (Phi) is 3.92. The van der Waals surface area contributed by atoms with Crippen molar-refractivity contribution >= 4 is 38.2 Å². The molecule has 0 atom stereocenters. The number of anilines is 1. The quantitative estimate of drug-likeness (QED) is 0.738. The first kappa shape index (κ1) is 14.9. The summed E-state index contributed by atoms with van der Waals surface area (Å²) in [4.78, 5) is 16.7. The van der Waals surface area contributed by atoms with Gasteiger partial charge < -0.3 is 0 Å². The maximum atomic E-state index is 12.3. The Hall–Kier alpha value is -2.97. The van der Waals surface area contributed by atoms with Crippen molar-refractivity contribution in [3.63, 3.8) is 0 Å². The molecule has 0 saturated heterocycles. The molecule has 4 nitrogen and oxygen atoms in total. The number of nitrogens with zero attached hydrogens (tertiary/aromatic N) is 2. The average molecular weight is 319 g/mol. The fraction of sp³-hybridized carbons (Fsp3) is 0.0556. The summed E-state index contributed by atoms with van der Waals surface area (Å²) in [6, 6.07) is 15.0. The Balaban J connectivity index is 1.81. The predicted molar refractivity (Wildman–Crippen MR) is 93.2 cm³/mol. The number of nitriles is 1. The van der Waals surface area contributed by atoms with Crippen LogP contribution in [0.3, 0.4) is 0 Å². The van der Waals surface area contributed by atoms with E-state index in [1.54, 1.807) is 18.2 Å². The highest BCUT2D eigenvalue weighted by atomic mass is 32.1. The molecule has 1 heterocycles. The Labute approximate surface area is 137 Å². The van der Waals surface area contributed by atoms with Crippen molar-refractivity contribution < 1.29 is 4.79 Å². The molecule has 0 bridgehead atoms. The molecule has 23 heavy (non-hydrogen) atoms. The van der Waals surface area contributed by atoms with Gasteiger partial charge >= 0.3 is 0 Å². The summed E-state index contributed by atoms with van der Waals surface area (Å²) in [7, 11) is 0. The van der Waals surface area contributed by atoms with Crippen molar-refractivity contribution in [3.05, 3.63) is 65.7 Å². The van der Waals surface area contributed by atoms with Crippen LogP contribution in [0.15, 0.2) is 49.0 Å². The van der Waals surface area contributed by atoms with E-state index in [9.17, 15) is 4.79 Å². The molecule has 3 rings (SSSR count). The van der Waals surface area contributed by atoms with Gasteiger partial charge in [0.2, 0.25) is 0 Å². The van der Waals surface area contributed by atoms with Gasteiger partial charge in [0, 0.05) is 5.57 Å². The SMILES string of the molecule is C=C(C(=O)Nc1nc2ccc(C#N)cc2s1)c1ccc(C)cc1. The van der Waals surface area contributed by atoms with Gasteiger partial charge in [-0.25, -0.2) is 4.98 Å². The second kappa shape index (κ2) is 6.03. The highest BCUT2D eigenvalue weighted by Crippen LogP contribution is 2.27. The first-order valence-corrected chi connectivity index (χ1v) is 7.76. The number of hydrogen-bond acceptors (Lipinski definition) is 4. The number of carbonyl (C=O) groups excluding carboxylic acids is 1. The summed E-state index contributed by atoms with van der Waals surface area (Å²) in [6.07, 6.45) is 0. The van der Waals surface area contributed by atoms with Crippen LogP contribution in [0.25, 0.3) is 15.8 Å². The number of nitrogens with one attached hydrogen (secondary N) is 1. The third-order valence-electron chi connectivity index (χ3n) is 3.41. The molecule has 112 valence electrons. The van der Waals surface area contributed by atoms with Crippen LogP contribution in [0.4, 0.5) is 5.13 Å². The third-order valence-corrected chi connectivity index (χ3v) is 4.35. The fourth-order valence-electron chi connectivity index (χ4n) is 2.11. The predicted octanol–water partition coefficient (Wildman–Crippen LogP) is 4.13. The number of aryl methyl sites for hydroxylation is 1. The largest absolute Gasteiger partial charge is 0.298 e. The molecule has 0 aliphatic rings. The molecule has 1 N–H and O–H groups in total. The first-order chi connectivity index (χ1) is 11.1. The Morgan fingerprint density at radius 1 is 1.26 bits per heavy atom. The molecule has 0 aliphatic carbocycles. The van der Waals surface area contributed by atoms with Crippen LogP contribution in [-0.4, -0.2) is 10.9 Å². The lowest BCUT2D eigenvalue weighted by atomic mass is 10.1. The van der Waals surface area contributed by atoms with Crippen molar-refractivity contribution in [1.82, 2.24) is 4.98 Å². The van der Waals surface area contributed by atoms with Gasteiger partial charge in [-0.05, 0) is 30.7 Å². The van der Waals surface area contributed by atoms with Gasteiger partial charge in [-0.15, -0.1) is 0 Å². The summed E-state index contributed by atoms with van der Waals surface area (Å²) >= 11 is 1.33.